The second kappa shape index (κ2) is 6.99. The van der Waals surface area contributed by atoms with Crippen LogP contribution in [0.15, 0.2) is 12.3 Å². The highest BCUT2D eigenvalue weighted by molar-refractivity contribution is 5.54. The number of aromatic nitrogens is 1. The highest BCUT2D eigenvalue weighted by atomic mass is 16.6. The topological polar surface area (TPSA) is 115 Å². The Bertz CT molecular complexity index is 556. The molecule has 1 aromatic heterocycles. The molecule has 7 nitrogen and oxygen atoms in total. The molecule has 0 aromatic carbocycles. The molecule has 1 aromatic rings. The van der Waals surface area contributed by atoms with Gasteiger partial charge >= 0.3 is 5.69 Å². The van der Waals surface area contributed by atoms with Gasteiger partial charge in [0.2, 0.25) is 0 Å². The summed E-state index contributed by atoms with van der Waals surface area (Å²) in [6, 6.07) is 3.11. The number of hydrogen-bond donors (Lipinski definition) is 1. The summed E-state index contributed by atoms with van der Waals surface area (Å²) in [6.07, 6.45) is 5.72. The van der Waals surface area contributed by atoms with E-state index in [0.717, 1.165) is 19.3 Å². The molecule has 0 saturated heterocycles. The molecule has 2 rings (SSSR count). The number of rotatable bonds is 5. The average Bonchev–Trinajstić information content (AvgIpc) is 2.52. The Labute approximate surface area is 122 Å². The molecule has 1 aliphatic carbocycles. The molecule has 0 aliphatic heterocycles. The van der Waals surface area contributed by atoms with Crippen LogP contribution in [0.25, 0.3) is 0 Å². The fourth-order valence-electron chi connectivity index (χ4n) is 2.81. The zero-order chi connectivity index (χ0) is 15.2. The fraction of sp³-hybridized carbons (Fsp3) is 0.571. The Morgan fingerprint density at radius 2 is 2.19 bits per heavy atom. The normalized spacial score (nSPS) is 21.5. The standard InChI is InChI=1S/C14H18N4O3/c15-7-10-3-1-2-4-12(10)9-21-14-13(18(19)20)11(8-16)5-6-17-14/h5-6,10,12H,1-4,7,9,15H2. The van der Waals surface area contributed by atoms with Gasteiger partial charge in [-0.15, -0.1) is 0 Å². The van der Waals surface area contributed by atoms with Gasteiger partial charge in [-0.25, -0.2) is 4.98 Å². The minimum atomic E-state index is -0.623. The van der Waals surface area contributed by atoms with E-state index >= 15 is 0 Å². The second-order valence-corrected chi connectivity index (χ2v) is 5.23. The van der Waals surface area contributed by atoms with Gasteiger partial charge in [0.05, 0.1) is 11.5 Å². The number of nitriles is 1. The number of ether oxygens (including phenoxy) is 1. The van der Waals surface area contributed by atoms with Crippen LogP contribution in [0, 0.1) is 33.3 Å². The van der Waals surface area contributed by atoms with Gasteiger partial charge in [0.15, 0.2) is 0 Å². The van der Waals surface area contributed by atoms with E-state index in [9.17, 15) is 10.1 Å². The number of nitro groups is 1. The highest BCUT2D eigenvalue weighted by Gasteiger charge is 2.27. The quantitative estimate of drug-likeness (QED) is 0.655. The van der Waals surface area contributed by atoms with Gasteiger partial charge in [-0.1, -0.05) is 12.8 Å². The van der Waals surface area contributed by atoms with Crippen LogP contribution in [-0.2, 0) is 0 Å². The smallest absolute Gasteiger partial charge is 0.348 e. The van der Waals surface area contributed by atoms with Gasteiger partial charge in [0, 0.05) is 6.20 Å². The summed E-state index contributed by atoms with van der Waals surface area (Å²) in [4.78, 5) is 14.4. The minimum absolute atomic E-state index is 0.0379. The molecular weight excluding hydrogens is 272 g/mol. The van der Waals surface area contributed by atoms with E-state index in [4.69, 9.17) is 15.7 Å². The summed E-state index contributed by atoms with van der Waals surface area (Å²) in [5, 5.41) is 20.0. The highest BCUT2D eigenvalue weighted by Crippen LogP contribution is 2.32. The van der Waals surface area contributed by atoms with Crippen LogP contribution in [0.4, 0.5) is 5.69 Å². The van der Waals surface area contributed by atoms with Crippen molar-refractivity contribution in [3.8, 4) is 11.9 Å². The first-order valence-electron chi connectivity index (χ1n) is 7.03. The van der Waals surface area contributed by atoms with Crippen LogP contribution >= 0.6 is 0 Å². The molecule has 0 bridgehead atoms. The van der Waals surface area contributed by atoms with Crippen molar-refractivity contribution in [1.29, 1.82) is 5.26 Å². The van der Waals surface area contributed by atoms with Gasteiger partial charge in [0.25, 0.3) is 5.88 Å². The van der Waals surface area contributed by atoms with E-state index in [1.807, 2.05) is 0 Å². The minimum Gasteiger partial charge on any atom is -0.472 e. The molecule has 1 saturated carbocycles. The third-order valence-corrected chi connectivity index (χ3v) is 4.00. The molecule has 21 heavy (non-hydrogen) atoms. The van der Waals surface area contributed by atoms with Crippen molar-refractivity contribution >= 4 is 5.69 Å². The van der Waals surface area contributed by atoms with Crippen LogP contribution in [-0.4, -0.2) is 23.1 Å². The van der Waals surface area contributed by atoms with Crippen LogP contribution in [0.5, 0.6) is 5.88 Å². The summed E-state index contributed by atoms with van der Waals surface area (Å²) in [6.45, 7) is 0.951. The van der Waals surface area contributed by atoms with E-state index in [2.05, 4.69) is 4.98 Å². The van der Waals surface area contributed by atoms with Crippen molar-refractivity contribution in [3.63, 3.8) is 0 Å². The Kier molecular flexibility index (Phi) is 5.06. The van der Waals surface area contributed by atoms with Gasteiger partial charge in [-0.2, -0.15) is 5.26 Å². The van der Waals surface area contributed by atoms with E-state index in [1.54, 1.807) is 6.07 Å². The molecule has 112 valence electrons. The molecule has 7 heteroatoms. The van der Waals surface area contributed by atoms with Crippen molar-refractivity contribution in [1.82, 2.24) is 4.98 Å². The molecule has 1 heterocycles. The molecule has 0 amide bonds. The molecule has 0 radical (unpaired) electrons. The Morgan fingerprint density at radius 1 is 1.48 bits per heavy atom. The number of hydrogen-bond acceptors (Lipinski definition) is 6. The Hall–Kier alpha value is -2.20. The predicted molar refractivity (Wildman–Crippen MR) is 75.6 cm³/mol. The summed E-state index contributed by atoms with van der Waals surface area (Å²) in [7, 11) is 0. The van der Waals surface area contributed by atoms with Crippen LogP contribution in [0.1, 0.15) is 31.2 Å². The van der Waals surface area contributed by atoms with Crippen molar-refractivity contribution < 1.29 is 9.66 Å². The van der Waals surface area contributed by atoms with Crippen molar-refractivity contribution in [2.24, 2.45) is 17.6 Å². The summed E-state index contributed by atoms with van der Waals surface area (Å²) < 4.78 is 5.55. The maximum atomic E-state index is 11.1. The zero-order valence-electron chi connectivity index (χ0n) is 11.7. The lowest BCUT2D eigenvalue weighted by atomic mass is 9.80. The van der Waals surface area contributed by atoms with Crippen molar-refractivity contribution in [2.45, 2.75) is 25.7 Å². The maximum Gasteiger partial charge on any atom is 0.348 e. The molecule has 1 fully saturated rings. The predicted octanol–water partition coefficient (Wildman–Crippen LogP) is 2.01. The first-order chi connectivity index (χ1) is 10.2. The van der Waals surface area contributed by atoms with Crippen LogP contribution < -0.4 is 10.5 Å². The maximum absolute atomic E-state index is 11.1. The van der Waals surface area contributed by atoms with Crippen molar-refractivity contribution in [3.05, 3.63) is 27.9 Å². The van der Waals surface area contributed by atoms with E-state index < -0.39 is 4.92 Å². The Balaban J connectivity index is 2.13. The fourth-order valence-corrected chi connectivity index (χ4v) is 2.81. The lowest BCUT2D eigenvalue weighted by Crippen LogP contribution is -2.31. The first-order valence-corrected chi connectivity index (χ1v) is 7.03. The van der Waals surface area contributed by atoms with Crippen molar-refractivity contribution in [2.75, 3.05) is 13.2 Å². The number of nitrogens with two attached hydrogens (primary N) is 1. The molecular formula is C14H18N4O3. The van der Waals surface area contributed by atoms with Crippen LogP contribution in [0.2, 0.25) is 0 Å². The molecule has 2 N–H and O–H groups in total. The molecule has 2 atom stereocenters. The molecule has 2 unspecified atom stereocenters. The van der Waals surface area contributed by atoms with E-state index in [-0.39, 0.29) is 23.0 Å². The largest absolute Gasteiger partial charge is 0.472 e. The van der Waals surface area contributed by atoms with Gasteiger partial charge in [-0.3, -0.25) is 10.1 Å². The third kappa shape index (κ3) is 3.47. The third-order valence-electron chi connectivity index (χ3n) is 4.00. The van der Waals surface area contributed by atoms with Gasteiger partial charge in [0.1, 0.15) is 11.6 Å². The van der Waals surface area contributed by atoms with Gasteiger partial charge in [-0.05, 0) is 37.3 Å². The first kappa shape index (κ1) is 15.2. The number of nitrogens with zero attached hydrogens (tertiary/aromatic N) is 3. The zero-order valence-corrected chi connectivity index (χ0v) is 11.7. The summed E-state index contributed by atoms with van der Waals surface area (Å²) >= 11 is 0. The average molecular weight is 290 g/mol. The SMILES string of the molecule is N#Cc1ccnc(OCC2CCCCC2CN)c1[N+](=O)[O-]. The van der Waals surface area contributed by atoms with E-state index in [0.29, 0.717) is 19.1 Å². The lowest BCUT2D eigenvalue weighted by Gasteiger charge is -2.30. The van der Waals surface area contributed by atoms with E-state index in [1.165, 1.54) is 18.7 Å². The molecule has 0 spiro atoms. The Morgan fingerprint density at radius 3 is 2.81 bits per heavy atom. The second-order valence-electron chi connectivity index (χ2n) is 5.23. The number of pyridine rings is 1. The summed E-state index contributed by atoms with van der Waals surface area (Å²) in [5.41, 5.74) is 5.36. The lowest BCUT2D eigenvalue weighted by molar-refractivity contribution is -0.386. The molecule has 1 aliphatic rings. The van der Waals surface area contributed by atoms with Gasteiger partial charge < -0.3 is 10.5 Å². The summed E-state index contributed by atoms with van der Waals surface area (Å²) in [5.74, 6) is 0.591. The monoisotopic (exact) mass is 290 g/mol. The van der Waals surface area contributed by atoms with Crippen LogP contribution in [0.3, 0.4) is 0 Å².